The van der Waals surface area contributed by atoms with E-state index < -0.39 is 107 Å². The van der Waals surface area contributed by atoms with Crippen molar-refractivity contribution >= 4 is 19.8 Å². The second-order valence-corrected chi connectivity index (χ2v) is 9.09. The van der Waals surface area contributed by atoms with Gasteiger partial charge in [0, 0.05) is 6.42 Å². The Kier molecular flexibility index (Phi) is 12.8. The van der Waals surface area contributed by atoms with Gasteiger partial charge in [-0.1, -0.05) is 0 Å². The first-order valence-corrected chi connectivity index (χ1v) is 12.1. The minimum absolute atomic E-state index is 0.264. The van der Waals surface area contributed by atoms with Crippen molar-refractivity contribution in [3.63, 3.8) is 0 Å². The topological polar surface area (TPSA) is 337 Å². The summed E-state index contributed by atoms with van der Waals surface area (Å²) in [6.45, 7) is -2.46. The molecule has 0 bridgehead atoms. The molecule has 10 atom stereocenters. The van der Waals surface area contributed by atoms with Crippen LogP contribution in [0.15, 0.2) is 0 Å². The van der Waals surface area contributed by atoms with E-state index in [1.807, 2.05) is 0 Å². The fourth-order valence-corrected chi connectivity index (χ4v) is 3.27. The summed E-state index contributed by atoms with van der Waals surface area (Å²) in [5.74, 6) is -4.69. The molecule has 0 aromatic heterocycles. The lowest BCUT2D eigenvalue weighted by molar-refractivity contribution is -0.383. The van der Waals surface area contributed by atoms with Gasteiger partial charge < -0.3 is 80.2 Å². The van der Waals surface area contributed by atoms with E-state index in [1.165, 1.54) is 0 Å². The molecular weight excluding hydrogens is 537 g/mol. The van der Waals surface area contributed by atoms with Gasteiger partial charge in [0.25, 0.3) is 0 Å². The predicted molar refractivity (Wildman–Crippen MR) is 112 cm³/mol. The minimum atomic E-state index is -4.64. The molecular formula is C17H32NO18P. The Hall–Kier alpha value is -1.39. The van der Waals surface area contributed by atoms with Crippen LogP contribution in [0.25, 0.3) is 0 Å². The average Bonchev–Trinajstić information content (AvgIpc) is 3.05. The number of hydrogen-bond acceptors (Lipinski definition) is 15. The normalized spacial score (nSPS) is 36.8. The molecule has 0 aromatic rings. The first-order chi connectivity index (χ1) is 17.0. The van der Waals surface area contributed by atoms with Crippen LogP contribution in [-0.4, -0.2) is 148 Å². The van der Waals surface area contributed by atoms with Crippen molar-refractivity contribution in [2.24, 2.45) is 5.73 Å². The summed E-state index contributed by atoms with van der Waals surface area (Å²) >= 11 is 0. The Bertz CT molecular complexity index is 786. The van der Waals surface area contributed by atoms with E-state index in [4.69, 9.17) is 49.0 Å². The molecule has 0 amide bonds. The lowest BCUT2D eigenvalue weighted by atomic mass is 9.99. The summed E-state index contributed by atoms with van der Waals surface area (Å²) in [6.07, 6.45) is -14.4. The number of hydrogen-bond donors (Lipinski definition) is 12. The van der Waals surface area contributed by atoms with Crippen LogP contribution in [0.2, 0.25) is 0 Å². The molecule has 2 saturated heterocycles. The first kappa shape index (κ1) is 33.6. The van der Waals surface area contributed by atoms with Gasteiger partial charge >= 0.3 is 19.8 Å². The van der Waals surface area contributed by atoms with Gasteiger partial charge in [-0.05, 0) is 6.42 Å². The molecule has 2 rings (SSSR count). The van der Waals surface area contributed by atoms with E-state index in [-0.39, 0.29) is 6.42 Å². The van der Waals surface area contributed by atoms with E-state index in [1.54, 1.807) is 0 Å². The Morgan fingerprint density at radius 2 is 1.49 bits per heavy atom. The predicted octanol–water partition coefficient (Wildman–Crippen LogP) is -6.58. The summed E-state index contributed by atoms with van der Waals surface area (Å²) in [6, 6.07) is -1.32. The third-order valence-electron chi connectivity index (χ3n) is 5.26. The highest BCUT2D eigenvalue weighted by Gasteiger charge is 2.59. The number of carbonyl (C=O) groups is 2. The van der Waals surface area contributed by atoms with Crippen molar-refractivity contribution < 1.29 is 88.6 Å². The Labute approximate surface area is 208 Å². The van der Waals surface area contributed by atoms with Crippen molar-refractivity contribution in [2.75, 3.05) is 19.8 Å². The summed E-state index contributed by atoms with van der Waals surface area (Å²) in [5.41, 5.74) is 5.31. The van der Waals surface area contributed by atoms with Crippen LogP contribution in [0.4, 0.5) is 0 Å². The largest absolute Gasteiger partial charge is 0.480 e. The molecule has 2 heterocycles. The van der Waals surface area contributed by atoms with Gasteiger partial charge in [0.15, 0.2) is 6.29 Å². The third kappa shape index (κ3) is 9.70. The van der Waals surface area contributed by atoms with Crippen LogP contribution in [-0.2, 0) is 33.1 Å². The zero-order valence-corrected chi connectivity index (χ0v) is 19.9. The van der Waals surface area contributed by atoms with Crippen molar-refractivity contribution in [3.05, 3.63) is 0 Å². The number of phosphoric acid groups is 1. The van der Waals surface area contributed by atoms with Crippen LogP contribution in [0, 0.1) is 0 Å². The smallest absolute Gasteiger partial charge is 0.466 e. The molecule has 0 saturated carbocycles. The number of ether oxygens (including phenoxy) is 4. The summed E-state index contributed by atoms with van der Waals surface area (Å²) in [5, 5.41) is 78.0. The molecule has 19 nitrogen and oxygen atoms in total. The lowest BCUT2D eigenvalue weighted by Gasteiger charge is -2.43. The second kappa shape index (κ2) is 14.1. The Balaban J connectivity index is 0.00000124. The number of carboxylic acid groups (broad SMARTS) is 1. The van der Waals surface area contributed by atoms with Crippen LogP contribution in [0.3, 0.4) is 0 Å². The van der Waals surface area contributed by atoms with Crippen LogP contribution in [0.1, 0.15) is 12.8 Å². The maximum absolute atomic E-state index is 12.0. The molecule has 13 N–H and O–H groups in total. The zero-order chi connectivity index (χ0) is 28.7. The molecule has 0 aromatic carbocycles. The number of nitrogens with two attached hydrogens (primary N) is 1. The maximum atomic E-state index is 12.0. The molecule has 2 fully saturated rings. The molecule has 218 valence electrons. The van der Waals surface area contributed by atoms with Crippen LogP contribution < -0.4 is 5.73 Å². The molecule has 0 radical (unpaired) electrons. The van der Waals surface area contributed by atoms with E-state index >= 15 is 0 Å². The van der Waals surface area contributed by atoms with Crippen molar-refractivity contribution in [1.29, 1.82) is 0 Å². The van der Waals surface area contributed by atoms with E-state index in [0.717, 1.165) is 0 Å². The standard InChI is InChI=1S/C17H29NO14.H3O4P/c18-6(15(27)28)1-2-9(21)29-5-17(14(26)11(23)8(4-20)31-17)32-16-13(25)12(24)10(22)7(3-19)30-16;1-5(2,3)4/h6-8,10-14,16,19-20,22-26H,1-5,18H2,(H,27,28);(H3,1,2,3,4)/t6-,7+,8+,10+,11+,12-,13+,14-,16+,17-;/m0./s1. The molecule has 0 unspecified atom stereocenters. The van der Waals surface area contributed by atoms with Crippen molar-refractivity contribution in [3.8, 4) is 0 Å². The van der Waals surface area contributed by atoms with Crippen LogP contribution in [0.5, 0.6) is 0 Å². The van der Waals surface area contributed by atoms with E-state index in [2.05, 4.69) is 0 Å². The van der Waals surface area contributed by atoms with Gasteiger partial charge in [0.2, 0.25) is 5.79 Å². The van der Waals surface area contributed by atoms with E-state index in [9.17, 15) is 45.3 Å². The lowest BCUT2D eigenvalue weighted by Crippen LogP contribution is -2.62. The van der Waals surface area contributed by atoms with Gasteiger partial charge in [-0.3, -0.25) is 9.59 Å². The highest BCUT2D eigenvalue weighted by Crippen LogP contribution is 2.36. The molecule has 37 heavy (non-hydrogen) atoms. The van der Waals surface area contributed by atoms with Gasteiger partial charge in [-0.25, -0.2) is 4.57 Å². The molecule has 0 aliphatic carbocycles. The number of aliphatic carboxylic acids is 1. The fourth-order valence-electron chi connectivity index (χ4n) is 3.27. The quantitative estimate of drug-likeness (QED) is 0.0858. The second-order valence-electron chi connectivity index (χ2n) is 8.06. The van der Waals surface area contributed by atoms with Crippen LogP contribution >= 0.6 is 7.82 Å². The van der Waals surface area contributed by atoms with E-state index in [0.29, 0.717) is 0 Å². The molecule has 20 heteroatoms. The van der Waals surface area contributed by atoms with Gasteiger partial charge in [-0.2, -0.15) is 0 Å². The van der Waals surface area contributed by atoms with Crippen molar-refractivity contribution in [2.45, 2.75) is 73.7 Å². The van der Waals surface area contributed by atoms with Gasteiger partial charge in [-0.15, -0.1) is 0 Å². The minimum Gasteiger partial charge on any atom is -0.480 e. The average molecular weight is 569 g/mol. The van der Waals surface area contributed by atoms with Gasteiger partial charge in [0.1, 0.15) is 55.4 Å². The monoisotopic (exact) mass is 569 g/mol. The van der Waals surface area contributed by atoms with Crippen molar-refractivity contribution in [1.82, 2.24) is 0 Å². The number of aliphatic hydroxyl groups is 7. The number of esters is 1. The third-order valence-corrected chi connectivity index (χ3v) is 5.26. The number of aliphatic hydroxyl groups excluding tert-OH is 7. The number of rotatable bonds is 10. The summed E-state index contributed by atoms with van der Waals surface area (Å²) in [4.78, 5) is 44.3. The Morgan fingerprint density at radius 3 is 1.95 bits per heavy atom. The molecule has 2 aliphatic heterocycles. The highest BCUT2D eigenvalue weighted by molar-refractivity contribution is 7.45. The number of carboxylic acids is 1. The zero-order valence-electron chi connectivity index (χ0n) is 19.0. The summed E-state index contributed by atoms with van der Waals surface area (Å²) < 4.78 is 29.8. The van der Waals surface area contributed by atoms with Gasteiger partial charge in [0.05, 0.1) is 13.2 Å². The summed E-state index contributed by atoms with van der Waals surface area (Å²) in [7, 11) is -4.64. The SMILES string of the molecule is N[C@@H](CCC(=O)OC[C@@]1(O[C@H]2O[C@H](CO)[C@@H](O)[C@H](O)[C@H]2O)O[C@H](CO)[C@@H](O)[C@@H]1O)C(=O)O.O=P(O)(O)O. The maximum Gasteiger partial charge on any atom is 0.466 e. The fraction of sp³-hybridized carbons (Fsp3) is 0.882. The highest BCUT2D eigenvalue weighted by atomic mass is 31.2. The first-order valence-electron chi connectivity index (χ1n) is 10.5. The number of carbonyl (C=O) groups excluding carboxylic acids is 1. The molecule has 0 spiro atoms. The Morgan fingerprint density at radius 1 is 0.946 bits per heavy atom. The molecule has 2 aliphatic rings.